The summed E-state index contributed by atoms with van der Waals surface area (Å²) >= 11 is 0. The molecule has 204 valence electrons. The van der Waals surface area contributed by atoms with Crippen LogP contribution in [0.4, 0.5) is 0 Å². The van der Waals surface area contributed by atoms with E-state index in [9.17, 15) is 0 Å². The number of unbranched alkanes of at least 4 members (excludes halogenated alkanes) is 15. The number of allylic oxidation sites excluding steroid dienone is 1. The molecule has 0 aliphatic carbocycles. The summed E-state index contributed by atoms with van der Waals surface area (Å²) in [4.78, 5) is 0. The van der Waals surface area contributed by atoms with Gasteiger partial charge in [0.15, 0.2) is 8.32 Å². The maximum absolute atomic E-state index is 6.45. The fourth-order valence-electron chi connectivity index (χ4n) is 3.92. The SMILES string of the molecule is CCCCCCCCCCCCCCCC/C=C\CC(CO[Si](C)(C)C(C)(C)C)OCCCC. The van der Waals surface area contributed by atoms with Gasteiger partial charge in [0.05, 0.1) is 12.7 Å². The first-order chi connectivity index (χ1) is 16.2. The van der Waals surface area contributed by atoms with E-state index in [1.54, 1.807) is 0 Å². The molecule has 3 heteroatoms. The highest BCUT2D eigenvalue weighted by Gasteiger charge is 2.37. The Hall–Kier alpha value is -0.123. The van der Waals surface area contributed by atoms with Gasteiger partial charge in [-0.05, 0) is 43.8 Å². The zero-order chi connectivity index (χ0) is 25.5. The van der Waals surface area contributed by atoms with Crippen LogP contribution in [0.5, 0.6) is 0 Å². The Morgan fingerprint density at radius 2 is 1.12 bits per heavy atom. The molecule has 0 aromatic rings. The van der Waals surface area contributed by atoms with Crippen molar-refractivity contribution in [2.45, 2.75) is 174 Å². The molecule has 0 aromatic carbocycles. The quantitative estimate of drug-likeness (QED) is 0.0751. The van der Waals surface area contributed by atoms with Gasteiger partial charge in [-0.15, -0.1) is 0 Å². The van der Waals surface area contributed by atoms with E-state index in [0.717, 1.165) is 26.1 Å². The molecule has 0 N–H and O–H groups in total. The fraction of sp³-hybridized carbons (Fsp3) is 0.935. The molecular weight excluding hydrogens is 432 g/mol. The Labute approximate surface area is 217 Å². The number of ether oxygens (including phenoxy) is 1. The third-order valence-electron chi connectivity index (χ3n) is 7.58. The van der Waals surface area contributed by atoms with E-state index in [-0.39, 0.29) is 11.1 Å². The van der Waals surface area contributed by atoms with E-state index in [1.807, 2.05) is 0 Å². The normalized spacial score (nSPS) is 13.7. The van der Waals surface area contributed by atoms with Gasteiger partial charge in [0, 0.05) is 6.61 Å². The van der Waals surface area contributed by atoms with E-state index in [4.69, 9.17) is 9.16 Å². The third kappa shape index (κ3) is 20.1. The van der Waals surface area contributed by atoms with E-state index >= 15 is 0 Å². The lowest BCUT2D eigenvalue weighted by Crippen LogP contribution is -2.43. The summed E-state index contributed by atoms with van der Waals surface area (Å²) in [5.41, 5.74) is 0. The molecule has 1 atom stereocenters. The largest absolute Gasteiger partial charge is 0.414 e. The van der Waals surface area contributed by atoms with Crippen LogP contribution >= 0.6 is 0 Å². The topological polar surface area (TPSA) is 18.5 Å². The van der Waals surface area contributed by atoms with E-state index < -0.39 is 8.32 Å². The van der Waals surface area contributed by atoms with E-state index in [2.05, 4.69) is 59.9 Å². The maximum atomic E-state index is 6.45. The lowest BCUT2D eigenvalue weighted by molar-refractivity contribution is 0.0173. The van der Waals surface area contributed by atoms with Crippen molar-refractivity contribution < 1.29 is 9.16 Å². The van der Waals surface area contributed by atoms with E-state index in [0.29, 0.717) is 0 Å². The molecule has 0 amide bonds. The molecule has 0 aliphatic heterocycles. The van der Waals surface area contributed by atoms with Gasteiger partial charge in [0.25, 0.3) is 0 Å². The summed E-state index contributed by atoms with van der Waals surface area (Å²) in [7, 11) is -1.71. The van der Waals surface area contributed by atoms with Gasteiger partial charge in [0.1, 0.15) is 0 Å². The standard InChI is InChI=1S/C31H64O2Si/c1-8-10-12-13-14-15-16-17-18-19-20-21-22-23-24-25-26-27-30(32-28-11-9-2)29-33-34(6,7)31(3,4)5/h25-26,30H,8-24,27-29H2,1-7H3/b26-25-. The van der Waals surface area contributed by atoms with Crippen LogP contribution in [-0.4, -0.2) is 27.6 Å². The molecule has 0 aliphatic rings. The van der Waals surface area contributed by atoms with E-state index in [1.165, 1.54) is 103 Å². The first-order valence-corrected chi connectivity index (χ1v) is 18.1. The Balaban J connectivity index is 3.80. The summed E-state index contributed by atoms with van der Waals surface area (Å²) in [6, 6.07) is 0. The Bertz CT molecular complexity index is 453. The molecule has 0 saturated heterocycles. The molecule has 0 saturated carbocycles. The lowest BCUT2D eigenvalue weighted by atomic mass is 10.0. The summed E-state index contributed by atoms with van der Waals surface area (Å²) in [6.45, 7) is 17.7. The predicted molar refractivity (Wildman–Crippen MR) is 156 cm³/mol. The minimum absolute atomic E-state index is 0.202. The van der Waals surface area contributed by atoms with Crippen LogP contribution in [-0.2, 0) is 9.16 Å². The van der Waals surface area contributed by atoms with Crippen molar-refractivity contribution in [3.63, 3.8) is 0 Å². The zero-order valence-electron chi connectivity index (χ0n) is 24.7. The first-order valence-electron chi connectivity index (χ1n) is 15.1. The van der Waals surface area contributed by atoms with Crippen LogP contribution in [0.1, 0.15) is 150 Å². The second-order valence-corrected chi connectivity index (χ2v) is 16.8. The van der Waals surface area contributed by atoms with Gasteiger partial charge in [0.2, 0.25) is 0 Å². The average molecular weight is 497 g/mol. The van der Waals surface area contributed by atoms with Gasteiger partial charge in [-0.1, -0.05) is 137 Å². The molecule has 0 aromatic heterocycles. The van der Waals surface area contributed by atoms with Gasteiger partial charge >= 0.3 is 0 Å². The second kappa shape index (κ2) is 22.1. The van der Waals surface area contributed by atoms with Gasteiger partial charge in [-0.25, -0.2) is 0 Å². The maximum Gasteiger partial charge on any atom is 0.192 e. The molecule has 0 rings (SSSR count). The molecule has 34 heavy (non-hydrogen) atoms. The molecule has 1 unspecified atom stereocenters. The summed E-state index contributed by atoms with van der Waals surface area (Å²) < 4.78 is 12.6. The molecular formula is C31H64O2Si. The second-order valence-electron chi connectivity index (χ2n) is 12.0. The molecule has 0 spiro atoms. The number of rotatable bonds is 24. The monoisotopic (exact) mass is 496 g/mol. The van der Waals surface area contributed by atoms with Crippen molar-refractivity contribution in [2.75, 3.05) is 13.2 Å². The fourth-order valence-corrected chi connectivity index (χ4v) is 4.95. The van der Waals surface area contributed by atoms with Crippen LogP contribution < -0.4 is 0 Å². The highest BCUT2D eigenvalue weighted by Crippen LogP contribution is 2.36. The number of hydrogen-bond donors (Lipinski definition) is 0. The van der Waals surface area contributed by atoms with Gasteiger partial charge in [-0.3, -0.25) is 0 Å². The smallest absolute Gasteiger partial charge is 0.192 e. The van der Waals surface area contributed by atoms with Crippen molar-refractivity contribution in [3.05, 3.63) is 12.2 Å². The molecule has 2 nitrogen and oxygen atoms in total. The first kappa shape index (κ1) is 33.9. The van der Waals surface area contributed by atoms with Crippen molar-refractivity contribution >= 4 is 8.32 Å². The predicted octanol–water partition coefficient (Wildman–Crippen LogP) is 11.0. The summed E-state index contributed by atoms with van der Waals surface area (Å²) in [6.07, 6.45) is 29.4. The minimum Gasteiger partial charge on any atom is -0.414 e. The summed E-state index contributed by atoms with van der Waals surface area (Å²) in [5, 5.41) is 0.255. The molecule has 0 bridgehead atoms. The van der Waals surface area contributed by atoms with Crippen molar-refractivity contribution in [1.82, 2.24) is 0 Å². The Morgan fingerprint density at radius 3 is 1.59 bits per heavy atom. The minimum atomic E-state index is -1.71. The van der Waals surface area contributed by atoms with Gasteiger partial charge < -0.3 is 9.16 Å². The zero-order valence-corrected chi connectivity index (χ0v) is 25.7. The Morgan fingerprint density at radius 1 is 0.647 bits per heavy atom. The molecule has 0 fully saturated rings. The highest BCUT2D eigenvalue weighted by molar-refractivity contribution is 6.74. The van der Waals surface area contributed by atoms with Crippen molar-refractivity contribution in [3.8, 4) is 0 Å². The Kier molecular flexibility index (Phi) is 22.0. The molecule has 0 heterocycles. The highest BCUT2D eigenvalue weighted by atomic mass is 28.4. The molecule has 0 radical (unpaired) electrons. The average Bonchev–Trinajstić information content (AvgIpc) is 2.78. The van der Waals surface area contributed by atoms with Crippen LogP contribution in [0.3, 0.4) is 0 Å². The van der Waals surface area contributed by atoms with Crippen molar-refractivity contribution in [2.24, 2.45) is 0 Å². The van der Waals surface area contributed by atoms with Gasteiger partial charge in [-0.2, -0.15) is 0 Å². The third-order valence-corrected chi connectivity index (χ3v) is 12.1. The van der Waals surface area contributed by atoms with Crippen LogP contribution in [0.2, 0.25) is 18.1 Å². The van der Waals surface area contributed by atoms with Crippen LogP contribution in [0, 0.1) is 0 Å². The number of hydrogen-bond acceptors (Lipinski definition) is 2. The summed E-state index contributed by atoms with van der Waals surface area (Å²) in [5.74, 6) is 0. The van der Waals surface area contributed by atoms with Crippen molar-refractivity contribution in [1.29, 1.82) is 0 Å². The lowest BCUT2D eigenvalue weighted by Gasteiger charge is -2.37. The van der Waals surface area contributed by atoms with Crippen LogP contribution in [0.25, 0.3) is 0 Å². The van der Waals surface area contributed by atoms with Crippen LogP contribution in [0.15, 0.2) is 12.2 Å².